The molecule has 0 bridgehead atoms. The van der Waals surface area contributed by atoms with Crippen LogP contribution in [0.3, 0.4) is 0 Å². The summed E-state index contributed by atoms with van der Waals surface area (Å²) in [7, 11) is 0. The molecule has 0 aliphatic carbocycles. The van der Waals surface area contributed by atoms with Crippen LogP contribution in [0.1, 0.15) is 26.7 Å². The van der Waals surface area contributed by atoms with E-state index in [1.54, 1.807) is 13.0 Å². The molecular formula is C9H20O2. The zero-order chi connectivity index (χ0) is 8.95. The van der Waals surface area contributed by atoms with Gasteiger partial charge in [-0.3, -0.25) is 0 Å². The lowest BCUT2D eigenvalue weighted by molar-refractivity contribution is 0.159. The van der Waals surface area contributed by atoms with Crippen molar-refractivity contribution in [1.82, 2.24) is 0 Å². The van der Waals surface area contributed by atoms with Gasteiger partial charge in [-0.25, -0.2) is 0 Å². The van der Waals surface area contributed by atoms with Crippen LogP contribution in [0.25, 0.3) is 0 Å². The lowest BCUT2D eigenvalue weighted by Gasteiger charge is -1.95. The van der Waals surface area contributed by atoms with Crippen LogP contribution in [-0.2, 0) is 4.74 Å². The molecule has 0 aromatic rings. The summed E-state index contributed by atoms with van der Waals surface area (Å²) >= 11 is 0. The maximum Gasteiger partial charge on any atom is 0.0644 e. The second-order valence-corrected chi connectivity index (χ2v) is 2.03. The fourth-order valence-corrected chi connectivity index (χ4v) is 0.413. The minimum atomic E-state index is 0.250. The van der Waals surface area contributed by atoms with Gasteiger partial charge in [0.1, 0.15) is 0 Å². The molecule has 2 heteroatoms. The van der Waals surface area contributed by atoms with Gasteiger partial charge in [0.25, 0.3) is 0 Å². The Bertz CT molecular complexity index is 62.6. The number of unbranched alkanes of at least 4 members (excludes halogenated alkanes) is 1. The number of aliphatic hydroxyl groups is 1. The Labute approximate surface area is 69.9 Å². The molecule has 0 spiro atoms. The van der Waals surface area contributed by atoms with E-state index in [1.807, 2.05) is 0 Å². The van der Waals surface area contributed by atoms with Crippen LogP contribution < -0.4 is 0 Å². The van der Waals surface area contributed by atoms with Crippen molar-refractivity contribution in [2.24, 2.45) is 0 Å². The van der Waals surface area contributed by atoms with E-state index in [4.69, 9.17) is 9.84 Å². The SMILES string of the molecule is C=CCOCCCC.CCO. The highest BCUT2D eigenvalue weighted by atomic mass is 16.5. The molecule has 0 saturated heterocycles. The third-order valence-corrected chi connectivity index (χ3v) is 0.878. The van der Waals surface area contributed by atoms with Crippen LogP contribution in [0.5, 0.6) is 0 Å². The average Bonchev–Trinajstić information content (AvgIpc) is 2.00. The Morgan fingerprint density at radius 2 is 2.00 bits per heavy atom. The second-order valence-electron chi connectivity index (χ2n) is 2.03. The summed E-state index contributed by atoms with van der Waals surface area (Å²) in [5.41, 5.74) is 0. The van der Waals surface area contributed by atoms with Gasteiger partial charge < -0.3 is 9.84 Å². The minimum absolute atomic E-state index is 0.250. The van der Waals surface area contributed by atoms with Gasteiger partial charge in [0, 0.05) is 13.2 Å². The molecule has 0 heterocycles. The predicted octanol–water partition coefficient (Wildman–Crippen LogP) is 1.99. The van der Waals surface area contributed by atoms with Gasteiger partial charge in [-0.2, -0.15) is 0 Å². The summed E-state index contributed by atoms with van der Waals surface area (Å²) in [5, 5.41) is 7.57. The maximum absolute atomic E-state index is 7.57. The van der Waals surface area contributed by atoms with Crippen molar-refractivity contribution in [3.05, 3.63) is 12.7 Å². The first-order valence-electron chi connectivity index (χ1n) is 4.12. The van der Waals surface area contributed by atoms with E-state index in [9.17, 15) is 0 Å². The number of hydrogen-bond acceptors (Lipinski definition) is 2. The Morgan fingerprint density at radius 1 is 1.45 bits per heavy atom. The summed E-state index contributed by atoms with van der Waals surface area (Å²) in [6, 6.07) is 0. The van der Waals surface area contributed by atoms with E-state index < -0.39 is 0 Å². The molecule has 0 rings (SSSR count). The van der Waals surface area contributed by atoms with Gasteiger partial charge in [0.05, 0.1) is 6.61 Å². The van der Waals surface area contributed by atoms with E-state index in [1.165, 1.54) is 6.42 Å². The summed E-state index contributed by atoms with van der Waals surface area (Å²) in [5.74, 6) is 0. The molecule has 11 heavy (non-hydrogen) atoms. The first-order valence-corrected chi connectivity index (χ1v) is 4.12. The lowest BCUT2D eigenvalue weighted by Crippen LogP contribution is -1.91. The Hall–Kier alpha value is -0.340. The Morgan fingerprint density at radius 3 is 2.36 bits per heavy atom. The number of aliphatic hydroxyl groups excluding tert-OH is 1. The fourth-order valence-electron chi connectivity index (χ4n) is 0.413. The zero-order valence-electron chi connectivity index (χ0n) is 7.68. The van der Waals surface area contributed by atoms with Gasteiger partial charge in [0.15, 0.2) is 0 Å². The third-order valence-electron chi connectivity index (χ3n) is 0.878. The molecule has 0 radical (unpaired) electrons. The van der Waals surface area contributed by atoms with Crippen molar-refractivity contribution < 1.29 is 9.84 Å². The van der Waals surface area contributed by atoms with E-state index in [2.05, 4.69) is 13.5 Å². The smallest absolute Gasteiger partial charge is 0.0644 e. The van der Waals surface area contributed by atoms with Crippen molar-refractivity contribution in [1.29, 1.82) is 0 Å². The highest BCUT2D eigenvalue weighted by molar-refractivity contribution is 4.63. The van der Waals surface area contributed by atoms with E-state index in [0.717, 1.165) is 13.0 Å². The van der Waals surface area contributed by atoms with Gasteiger partial charge >= 0.3 is 0 Å². The van der Waals surface area contributed by atoms with Crippen LogP contribution in [-0.4, -0.2) is 24.9 Å². The average molecular weight is 160 g/mol. The van der Waals surface area contributed by atoms with Crippen molar-refractivity contribution in [2.45, 2.75) is 26.7 Å². The molecule has 1 N–H and O–H groups in total. The third kappa shape index (κ3) is 26.1. The van der Waals surface area contributed by atoms with Gasteiger partial charge in [-0.1, -0.05) is 19.4 Å². The number of hydrogen-bond donors (Lipinski definition) is 1. The van der Waals surface area contributed by atoms with Crippen molar-refractivity contribution >= 4 is 0 Å². The molecule has 0 aliphatic rings. The van der Waals surface area contributed by atoms with Crippen LogP contribution in [0.2, 0.25) is 0 Å². The van der Waals surface area contributed by atoms with Gasteiger partial charge in [-0.05, 0) is 13.3 Å². The molecule has 0 fully saturated rings. The zero-order valence-corrected chi connectivity index (χ0v) is 7.68. The molecule has 0 amide bonds. The lowest BCUT2D eigenvalue weighted by atomic mass is 10.4. The molecular weight excluding hydrogens is 140 g/mol. The van der Waals surface area contributed by atoms with Crippen LogP contribution >= 0.6 is 0 Å². The molecule has 0 saturated carbocycles. The first kappa shape index (κ1) is 13.3. The minimum Gasteiger partial charge on any atom is -0.397 e. The summed E-state index contributed by atoms with van der Waals surface area (Å²) in [4.78, 5) is 0. The molecule has 0 aromatic heterocycles. The molecule has 0 aromatic carbocycles. The summed E-state index contributed by atoms with van der Waals surface area (Å²) < 4.78 is 5.11. The number of rotatable bonds is 5. The van der Waals surface area contributed by atoms with Crippen LogP contribution in [0.4, 0.5) is 0 Å². The number of ether oxygens (including phenoxy) is 1. The standard InChI is InChI=1S/C7H14O.C2H6O/c1-3-5-7-8-6-4-2;1-2-3/h4H,2-3,5-7H2,1H3;3H,2H2,1H3. The topological polar surface area (TPSA) is 29.5 Å². The van der Waals surface area contributed by atoms with Gasteiger partial charge in [-0.15, -0.1) is 6.58 Å². The molecule has 0 unspecified atom stereocenters. The van der Waals surface area contributed by atoms with E-state index in [0.29, 0.717) is 6.61 Å². The quantitative estimate of drug-likeness (QED) is 0.492. The monoisotopic (exact) mass is 160 g/mol. The van der Waals surface area contributed by atoms with Crippen molar-refractivity contribution in [3.63, 3.8) is 0 Å². The van der Waals surface area contributed by atoms with Crippen molar-refractivity contribution in [3.8, 4) is 0 Å². The maximum atomic E-state index is 7.57. The fraction of sp³-hybridized carbons (Fsp3) is 0.778. The molecule has 0 aliphatic heterocycles. The first-order chi connectivity index (χ1) is 5.33. The van der Waals surface area contributed by atoms with Gasteiger partial charge in [0.2, 0.25) is 0 Å². The normalized spacial score (nSPS) is 8.27. The molecule has 0 atom stereocenters. The summed E-state index contributed by atoms with van der Waals surface area (Å²) in [6.07, 6.45) is 4.14. The second kappa shape index (κ2) is 16.3. The molecule has 2 nitrogen and oxygen atoms in total. The van der Waals surface area contributed by atoms with Crippen LogP contribution in [0, 0.1) is 0 Å². The largest absolute Gasteiger partial charge is 0.397 e. The van der Waals surface area contributed by atoms with Crippen molar-refractivity contribution in [2.75, 3.05) is 19.8 Å². The molecule has 68 valence electrons. The van der Waals surface area contributed by atoms with E-state index in [-0.39, 0.29) is 6.61 Å². The summed E-state index contributed by atoms with van der Waals surface area (Å²) in [6.45, 7) is 9.19. The van der Waals surface area contributed by atoms with Crippen LogP contribution in [0.15, 0.2) is 12.7 Å². The van der Waals surface area contributed by atoms with E-state index >= 15 is 0 Å². The Balaban J connectivity index is 0. The highest BCUT2D eigenvalue weighted by Crippen LogP contribution is 1.86. The Kier molecular flexibility index (Phi) is 19.7. The predicted molar refractivity (Wildman–Crippen MR) is 48.7 cm³/mol. The highest BCUT2D eigenvalue weighted by Gasteiger charge is 1.79.